The molecule has 1 aromatic carbocycles. The van der Waals surface area contributed by atoms with Crippen molar-refractivity contribution in [3.8, 4) is 0 Å². The lowest BCUT2D eigenvalue weighted by atomic mass is 9.98. The number of rotatable bonds is 6. The molecule has 2 nitrogen and oxygen atoms in total. The molecule has 0 bridgehead atoms. The molecule has 0 aliphatic carbocycles. The summed E-state index contributed by atoms with van der Waals surface area (Å²) < 4.78 is 13.0. The van der Waals surface area contributed by atoms with E-state index in [1.807, 2.05) is 13.8 Å². The number of nitrogens with two attached hydrogens (primary N) is 1. The summed E-state index contributed by atoms with van der Waals surface area (Å²) >= 11 is 0. The van der Waals surface area contributed by atoms with E-state index in [0.29, 0.717) is 25.3 Å². The Morgan fingerprint density at radius 1 is 1.47 bits per heavy atom. The van der Waals surface area contributed by atoms with Crippen molar-refractivity contribution in [2.24, 2.45) is 11.7 Å². The van der Waals surface area contributed by atoms with E-state index in [-0.39, 0.29) is 11.6 Å². The number of benzene rings is 1. The van der Waals surface area contributed by atoms with Crippen LogP contribution in [-0.4, -0.2) is 12.3 Å². The molecular weight excluding hydrogens is 217 g/mol. The highest BCUT2D eigenvalue weighted by atomic mass is 19.1. The number of carbonyl (C=O) groups excluding carboxylic acids is 1. The van der Waals surface area contributed by atoms with Crippen molar-refractivity contribution in [2.45, 2.75) is 33.1 Å². The Labute approximate surface area is 102 Å². The summed E-state index contributed by atoms with van der Waals surface area (Å²) in [5.41, 5.74) is 7.25. The molecule has 0 fully saturated rings. The van der Waals surface area contributed by atoms with Gasteiger partial charge in [-0.3, -0.25) is 4.79 Å². The molecule has 0 radical (unpaired) electrons. The minimum absolute atomic E-state index is 0.152. The van der Waals surface area contributed by atoms with Crippen LogP contribution in [0.5, 0.6) is 0 Å². The fourth-order valence-electron chi connectivity index (χ4n) is 1.66. The van der Waals surface area contributed by atoms with Gasteiger partial charge in [0.1, 0.15) is 11.6 Å². The molecule has 1 rings (SSSR count). The highest BCUT2D eigenvalue weighted by molar-refractivity contribution is 5.81. The first-order valence-electron chi connectivity index (χ1n) is 5.99. The quantitative estimate of drug-likeness (QED) is 0.826. The summed E-state index contributed by atoms with van der Waals surface area (Å²) in [7, 11) is 0. The van der Waals surface area contributed by atoms with E-state index in [2.05, 4.69) is 0 Å². The van der Waals surface area contributed by atoms with Gasteiger partial charge in [0, 0.05) is 12.8 Å². The van der Waals surface area contributed by atoms with Crippen LogP contribution >= 0.6 is 0 Å². The van der Waals surface area contributed by atoms with Crippen LogP contribution in [-0.2, 0) is 11.2 Å². The van der Waals surface area contributed by atoms with Gasteiger partial charge in [0.25, 0.3) is 0 Å². The number of aryl methyl sites for hydroxylation is 1. The van der Waals surface area contributed by atoms with Gasteiger partial charge in [-0.1, -0.05) is 13.0 Å². The Morgan fingerprint density at radius 3 is 2.82 bits per heavy atom. The molecule has 0 saturated heterocycles. The summed E-state index contributed by atoms with van der Waals surface area (Å²) in [6, 6.07) is 4.57. The summed E-state index contributed by atoms with van der Waals surface area (Å²) in [5, 5.41) is 0. The molecule has 0 aliphatic heterocycles. The number of ketones is 1. The molecule has 3 heteroatoms. The van der Waals surface area contributed by atoms with Crippen LogP contribution in [0.3, 0.4) is 0 Å². The third kappa shape index (κ3) is 4.65. The summed E-state index contributed by atoms with van der Waals surface area (Å²) in [6.07, 6.45) is 1.65. The first kappa shape index (κ1) is 13.8. The maximum atomic E-state index is 13.0. The summed E-state index contributed by atoms with van der Waals surface area (Å²) in [6.45, 7) is 4.53. The van der Waals surface area contributed by atoms with Crippen molar-refractivity contribution in [3.05, 3.63) is 35.1 Å². The van der Waals surface area contributed by atoms with Crippen molar-refractivity contribution in [3.63, 3.8) is 0 Å². The average Bonchev–Trinajstić information content (AvgIpc) is 2.30. The van der Waals surface area contributed by atoms with Gasteiger partial charge in [0.15, 0.2) is 0 Å². The Hall–Kier alpha value is -1.22. The maximum Gasteiger partial charge on any atom is 0.137 e. The predicted octanol–water partition coefficient (Wildman–Crippen LogP) is 2.62. The third-order valence-electron chi connectivity index (χ3n) is 3.02. The molecule has 0 spiro atoms. The van der Waals surface area contributed by atoms with E-state index in [1.54, 1.807) is 6.07 Å². The molecular formula is C14H20FNO. The van der Waals surface area contributed by atoms with E-state index in [9.17, 15) is 9.18 Å². The van der Waals surface area contributed by atoms with Crippen molar-refractivity contribution >= 4 is 5.78 Å². The standard InChI is InChI=1S/C14H20FNO/c1-10(9-16)3-6-14(17)8-12-7-13(15)5-4-11(12)2/h4-5,7,10H,3,6,8-9,16H2,1-2H3. The van der Waals surface area contributed by atoms with Crippen molar-refractivity contribution in [1.29, 1.82) is 0 Å². The molecule has 0 amide bonds. The zero-order valence-corrected chi connectivity index (χ0v) is 10.5. The Kier molecular flexibility index (Phi) is 5.29. The SMILES string of the molecule is Cc1ccc(F)cc1CC(=O)CCC(C)CN. The van der Waals surface area contributed by atoms with Crippen LogP contribution in [0.2, 0.25) is 0 Å². The van der Waals surface area contributed by atoms with Crippen LogP contribution in [0.1, 0.15) is 30.9 Å². The number of Topliss-reactive ketones (excluding diaryl/α,β-unsaturated/α-hetero) is 1. The molecule has 94 valence electrons. The third-order valence-corrected chi connectivity index (χ3v) is 3.02. The van der Waals surface area contributed by atoms with Gasteiger partial charge in [-0.2, -0.15) is 0 Å². The summed E-state index contributed by atoms with van der Waals surface area (Å²) in [4.78, 5) is 11.7. The molecule has 0 heterocycles. The fraction of sp³-hybridized carbons (Fsp3) is 0.500. The minimum Gasteiger partial charge on any atom is -0.330 e. The van der Waals surface area contributed by atoms with Gasteiger partial charge in [0.05, 0.1) is 0 Å². The lowest BCUT2D eigenvalue weighted by Gasteiger charge is -2.08. The second-order valence-electron chi connectivity index (χ2n) is 4.67. The zero-order chi connectivity index (χ0) is 12.8. The molecule has 0 aromatic heterocycles. The van der Waals surface area contributed by atoms with Crippen LogP contribution in [0, 0.1) is 18.7 Å². The van der Waals surface area contributed by atoms with Crippen molar-refractivity contribution in [1.82, 2.24) is 0 Å². The molecule has 1 atom stereocenters. The summed E-state index contributed by atoms with van der Waals surface area (Å²) in [5.74, 6) is 0.236. The first-order chi connectivity index (χ1) is 8.02. The molecule has 1 unspecified atom stereocenters. The maximum absolute atomic E-state index is 13.0. The Balaban J connectivity index is 2.53. The van der Waals surface area contributed by atoms with E-state index in [1.165, 1.54) is 12.1 Å². The van der Waals surface area contributed by atoms with Gasteiger partial charge >= 0.3 is 0 Å². The second kappa shape index (κ2) is 6.50. The van der Waals surface area contributed by atoms with Crippen LogP contribution in [0.25, 0.3) is 0 Å². The number of carbonyl (C=O) groups is 1. The molecule has 17 heavy (non-hydrogen) atoms. The monoisotopic (exact) mass is 237 g/mol. The highest BCUT2D eigenvalue weighted by Crippen LogP contribution is 2.13. The van der Waals surface area contributed by atoms with E-state index in [0.717, 1.165) is 17.5 Å². The van der Waals surface area contributed by atoms with Gasteiger partial charge in [0.2, 0.25) is 0 Å². The number of halogens is 1. The van der Waals surface area contributed by atoms with Gasteiger partial charge in [-0.05, 0) is 49.1 Å². The minimum atomic E-state index is -0.284. The van der Waals surface area contributed by atoms with Crippen molar-refractivity contribution < 1.29 is 9.18 Å². The van der Waals surface area contributed by atoms with Gasteiger partial charge < -0.3 is 5.73 Å². The van der Waals surface area contributed by atoms with E-state index in [4.69, 9.17) is 5.73 Å². The van der Waals surface area contributed by atoms with Crippen molar-refractivity contribution in [2.75, 3.05) is 6.54 Å². The lowest BCUT2D eigenvalue weighted by molar-refractivity contribution is -0.118. The lowest BCUT2D eigenvalue weighted by Crippen LogP contribution is -2.13. The molecule has 0 saturated carbocycles. The smallest absolute Gasteiger partial charge is 0.137 e. The van der Waals surface area contributed by atoms with E-state index >= 15 is 0 Å². The zero-order valence-electron chi connectivity index (χ0n) is 10.5. The molecule has 1 aromatic rings. The van der Waals surface area contributed by atoms with Crippen LogP contribution < -0.4 is 5.73 Å². The second-order valence-corrected chi connectivity index (χ2v) is 4.67. The molecule has 0 aliphatic rings. The van der Waals surface area contributed by atoms with Gasteiger partial charge in [-0.15, -0.1) is 0 Å². The first-order valence-corrected chi connectivity index (χ1v) is 5.99. The topological polar surface area (TPSA) is 43.1 Å². The Morgan fingerprint density at radius 2 is 2.18 bits per heavy atom. The van der Waals surface area contributed by atoms with E-state index < -0.39 is 0 Å². The fourth-order valence-corrected chi connectivity index (χ4v) is 1.66. The number of hydrogen-bond acceptors (Lipinski definition) is 2. The molecule has 2 N–H and O–H groups in total. The largest absolute Gasteiger partial charge is 0.330 e. The Bertz CT molecular complexity index is 390. The normalized spacial score (nSPS) is 12.5. The van der Waals surface area contributed by atoms with Crippen LogP contribution in [0.15, 0.2) is 18.2 Å². The number of hydrogen-bond donors (Lipinski definition) is 1. The highest BCUT2D eigenvalue weighted by Gasteiger charge is 2.09. The van der Waals surface area contributed by atoms with Gasteiger partial charge in [-0.25, -0.2) is 4.39 Å². The van der Waals surface area contributed by atoms with Crippen LogP contribution in [0.4, 0.5) is 4.39 Å². The predicted molar refractivity (Wildman–Crippen MR) is 67.3 cm³/mol. The average molecular weight is 237 g/mol.